The van der Waals surface area contributed by atoms with Gasteiger partial charge in [-0.2, -0.15) is 0 Å². The average molecular weight is 634 g/mol. The highest BCUT2D eigenvalue weighted by Gasteiger charge is 2.56. The van der Waals surface area contributed by atoms with Crippen LogP contribution in [0.15, 0.2) is 82.6 Å². The Labute approximate surface area is 258 Å². The second kappa shape index (κ2) is 12.1. The summed E-state index contributed by atoms with van der Waals surface area (Å²) in [6.45, 7) is 1.58. The van der Waals surface area contributed by atoms with Gasteiger partial charge >= 0.3 is 10.8 Å². The van der Waals surface area contributed by atoms with Crippen molar-refractivity contribution < 1.29 is 33.0 Å². The summed E-state index contributed by atoms with van der Waals surface area (Å²) < 4.78 is 23.9. The van der Waals surface area contributed by atoms with E-state index in [-0.39, 0.29) is 18.1 Å². The van der Waals surface area contributed by atoms with Gasteiger partial charge in [-0.25, -0.2) is 14.1 Å². The number of halogens is 1. The Morgan fingerprint density at radius 2 is 1.75 bits per heavy atom. The van der Waals surface area contributed by atoms with Crippen molar-refractivity contribution in [2.75, 3.05) is 23.4 Å². The maximum Gasteiger partial charge on any atom is 0.338 e. The quantitative estimate of drug-likeness (QED) is 0.213. The number of carbonyl (C=O) groups is 4. The first kappa shape index (κ1) is 29.3. The van der Waals surface area contributed by atoms with Gasteiger partial charge in [0.25, 0.3) is 5.91 Å². The van der Waals surface area contributed by atoms with Crippen molar-refractivity contribution in [2.24, 2.45) is 5.92 Å². The summed E-state index contributed by atoms with van der Waals surface area (Å²) in [5.41, 5.74) is 1.66. The van der Waals surface area contributed by atoms with Gasteiger partial charge in [0.1, 0.15) is 16.8 Å². The molecule has 1 fully saturated rings. The zero-order chi connectivity index (χ0) is 31.0. The number of amides is 3. The molecule has 0 unspecified atom stereocenters. The molecule has 1 aromatic heterocycles. The number of H-pyrrole nitrogens is 1. The van der Waals surface area contributed by atoms with E-state index in [1.54, 1.807) is 31.2 Å². The van der Waals surface area contributed by atoms with Crippen LogP contribution in [0.2, 0.25) is 0 Å². The molecule has 1 saturated heterocycles. The van der Waals surface area contributed by atoms with Gasteiger partial charge in [-0.1, -0.05) is 35.2 Å². The lowest BCUT2D eigenvalue weighted by Gasteiger charge is -2.30. The summed E-state index contributed by atoms with van der Waals surface area (Å²) in [7, 11) is 0. The Hall–Kier alpha value is -4.75. The van der Waals surface area contributed by atoms with Crippen LogP contribution in [0.4, 0.5) is 15.8 Å². The highest BCUT2D eigenvalue weighted by molar-refractivity contribution is 8.00. The van der Waals surface area contributed by atoms with E-state index in [0.717, 1.165) is 28.0 Å². The first-order valence-electron chi connectivity index (χ1n) is 13.6. The number of aromatic amines is 1. The molecule has 6 rings (SSSR count). The molecule has 0 spiro atoms. The highest BCUT2D eigenvalue weighted by Crippen LogP contribution is 2.53. The van der Waals surface area contributed by atoms with Crippen molar-refractivity contribution in [3.05, 3.63) is 104 Å². The Morgan fingerprint density at radius 3 is 2.48 bits per heavy atom. The molecule has 3 aromatic carbocycles. The van der Waals surface area contributed by atoms with Gasteiger partial charge in [-0.05, 0) is 73.2 Å². The van der Waals surface area contributed by atoms with Crippen molar-refractivity contribution in [2.45, 2.75) is 23.1 Å². The summed E-state index contributed by atoms with van der Waals surface area (Å²) >= 11 is 2.13. The molecule has 2 N–H and O–H groups in total. The summed E-state index contributed by atoms with van der Waals surface area (Å²) in [4.78, 5) is 68.8. The van der Waals surface area contributed by atoms with Crippen LogP contribution < -0.4 is 19.8 Å². The number of fused-ring (bicyclic) bond motifs is 2. The van der Waals surface area contributed by atoms with Gasteiger partial charge < -0.3 is 19.8 Å². The largest absolute Gasteiger partial charge is 0.484 e. The summed E-state index contributed by atoms with van der Waals surface area (Å²) in [6, 6.07) is 18.2. The van der Waals surface area contributed by atoms with E-state index in [0.29, 0.717) is 38.2 Å². The zero-order valence-corrected chi connectivity index (χ0v) is 24.7. The third kappa shape index (κ3) is 5.63. The molecule has 0 bridgehead atoms. The summed E-state index contributed by atoms with van der Waals surface area (Å²) in [6.07, 6.45) is 0. The number of carbonyl (C=O) groups excluding carboxylic acids is 4. The summed E-state index contributed by atoms with van der Waals surface area (Å²) in [5, 5.41) is 2.35. The molecule has 3 heterocycles. The van der Waals surface area contributed by atoms with E-state index in [2.05, 4.69) is 10.3 Å². The lowest BCUT2D eigenvalue weighted by atomic mass is 9.83. The van der Waals surface area contributed by atoms with Crippen molar-refractivity contribution in [3.63, 3.8) is 0 Å². The Kier molecular flexibility index (Phi) is 8.06. The molecule has 0 aliphatic carbocycles. The molecule has 224 valence electrons. The van der Waals surface area contributed by atoms with E-state index in [4.69, 9.17) is 9.47 Å². The van der Waals surface area contributed by atoms with Crippen molar-refractivity contribution in [1.29, 1.82) is 0 Å². The van der Waals surface area contributed by atoms with Crippen LogP contribution in [0.25, 0.3) is 0 Å². The van der Waals surface area contributed by atoms with Gasteiger partial charge in [0.15, 0.2) is 6.61 Å². The lowest BCUT2D eigenvalue weighted by molar-refractivity contribution is -0.122. The fourth-order valence-electron chi connectivity index (χ4n) is 5.27. The van der Waals surface area contributed by atoms with Crippen LogP contribution in [-0.4, -0.2) is 47.1 Å². The van der Waals surface area contributed by atoms with Crippen LogP contribution in [-0.2, 0) is 19.1 Å². The van der Waals surface area contributed by atoms with E-state index in [1.807, 2.05) is 0 Å². The molecule has 3 atom stereocenters. The third-order valence-corrected chi connectivity index (χ3v) is 9.58. The number of nitrogens with one attached hydrogen (secondary N) is 2. The van der Waals surface area contributed by atoms with Gasteiger partial charge in [-0.15, -0.1) is 0 Å². The summed E-state index contributed by atoms with van der Waals surface area (Å²) in [5.74, 6) is -3.37. The van der Waals surface area contributed by atoms with Crippen LogP contribution in [0.5, 0.6) is 5.75 Å². The average Bonchev–Trinajstić information content (AvgIpc) is 3.51. The zero-order valence-electron chi connectivity index (χ0n) is 23.1. The molecule has 0 radical (unpaired) electrons. The SMILES string of the molecule is CCOC(=O)c1ccc(N2C(=O)[C@H]3[C@H](c4cccc(OCC(=O)Nc5ccc(F)cc5)c4)c4sc(=O)[nH]c4S[C@H]3C2=O)cc1. The van der Waals surface area contributed by atoms with E-state index in [9.17, 15) is 28.4 Å². The molecule has 3 amide bonds. The third-order valence-electron chi connectivity index (χ3n) is 7.18. The smallest absolute Gasteiger partial charge is 0.338 e. The lowest BCUT2D eigenvalue weighted by Crippen LogP contribution is -2.32. The number of imide groups is 1. The fourth-order valence-corrected chi connectivity index (χ4v) is 7.78. The number of hydrogen-bond acceptors (Lipinski definition) is 9. The normalized spacial score (nSPS) is 18.9. The van der Waals surface area contributed by atoms with Crippen molar-refractivity contribution in [3.8, 4) is 5.75 Å². The predicted octanol–water partition coefficient (Wildman–Crippen LogP) is 4.57. The van der Waals surface area contributed by atoms with Crippen LogP contribution in [0.3, 0.4) is 0 Å². The molecule has 4 aromatic rings. The molecule has 2 aliphatic heterocycles. The van der Waals surface area contributed by atoms with Gasteiger partial charge in [0.2, 0.25) is 11.8 Å². The maximum atomic E-state index is 14.0. The van der Waals surface area contributed by atoms with E-state index in [1.165, 1.54) is 48.5 Å². The number of rotatable bonds is 8. The van der Waals surface area contributed by atoms with Crippen LogP contribution in [0, 0.1) is 11.7 Å². The molecular formula is C31H24FN3O7S2. The van der Waals surface area contributed by atoms with Crippen LogP contribution >= 0.6 is 23.1 Å². The van der Waals surface area contributed by atoms with E-state index < -0.39 is 46.6 Å². The van der Waals surface area contributed by atoms with Gasteiger partial charge in [0, 0.05) is 16.5 Å². The standard InChI is InChI=1S/C31H24FN3O7S2/c1-2-41-30(39)16-6-12-20(13-7-16)35-28(37)24-23(25-27(34-31(40)44-25)43-26(24)29(35)38)17-4-3-5-21(14-17)42-15-22(36)33-19-10-8-18(32)9-11-19/h3-14,23-24,26H,2,15H2,1H3,(H,33,36)(H,34,40)/t23-,24-,26+/m0/s1. The number of benzene rings is 3. The predicted molar refractivity (Wildman–Crippen MR) is 162 cm³/mol. The number of anilines is 2. The fraction of sp³-hybridized carbons (Fsp3) is 0.194. The Balaban J connectivity index is 1.26. The minimum Gasteiger partial charge on any atom is -0.484 e. The molecule has 13 heteroatoms. The molecule has 2 aliphatic rings. The van der Waals surface area contributed by atoms with Crippen LogP contribution in [0.1, 0.15) is 33.6 Å². The molecule has 0 saturated carbocycles. The minimum absolute atomic E-state index is 0.216. The van der Waals surface area contributed by atoms with Gasteiger partial charge in [0.05, 0.1) is 28.8 Å². The number of aromatic nitrogens is 1. The second-order valence-corrected chi connectivity index (χ2v) is 12.1. The molecule has 10 nitrogen and oxygen atoms in total. The van der Waals surface area contributed by atoms with Crippen molar-refractivity contribution in [1.82, 2.24) is 4.98 Å². The highest BCUT2D eigenvalue weighted by atomic mass is 32.2. The minimum atomic E-state index is -0.826. The van der Waals surface area contributed by atoms with E-state index >= 15 is 0 Å². The first-order valence-corrected chi connectivity index (χ1v) is 15.3. The number of thioether (sulfide) groups is 1. The van der Waals surface area contributed by atoms with Gasteiger partial charge in [-0.3, -0.25) is 19.2 Å². The Morgan fingerprint density at radius 1 is 1.00 bits per heavy atom. The number of thiazole rings is 1. The molecular weight excluding hydrogens is 609 g/mol. The second-order valence-electron chi connectivity index (χ2n) is 9.95. The number of hydrogen-bond donors (Lipinski definition) is 2. The number of esters is 1. The Bertz CT molecular complexity index is 1820. The first-order chi connectivity index (χ1) is 21.2. The maximum absolute atomic E-state index is 14.0. The number of ether oxygens (including phenoxy) is 2. The molecule has 44 heavy (non-hydrogen) atoms. The number of nitrogens with zero attached hydrogens (tertiary/aromatic N) is 1. The topological polar surface area (TPSA) is 135 Å². The monoisotopic (exact) mass is 633 g/mol. The van der Waals surface area contributed by atoms with Crippen molar-refractivity contribution >= 4 is 58.2 Å².